The first-order valence-corrected chi connectivity index (χ1v) is 11.5. The number of ether oxygens (including phenoxy) is 1. The number of amides is 1. The smallest absolute Gasteiger partial charge is 0.328 e. The molecule has 0 spiro atoms. The van der Waals surface area contributed by atoms with E-state index >= 15 is 0 Å². The molecular formula is C26H32N2O5. The zero-order chi connectivity index (χ0) is 23.6. The van der Waals surface area contributed by atoms with E-state index in [-0.39, 0.29) is 12.5 Å². The van der Waals surface area contributed by atoms with Gasteiger partial charge < -0.3 is 14.7 Å². The summed E-state index contributed by atoms with van der Waals surface area (Å²) in [4.78, 5) is 39.3. The number of nitrogens with zero attached hydrogens (tertiary/aromatic N) is 1. The molecule has 3 atom stereocenters. The van der Waals surface area contributed by atoms with Crippen LogP contribution in [0, 0.1) is 0 Å². The first-order chi connectivity index (χ1) is 16.0. The molecule has 1 saturated heterocycles. The van der Waals surface area contributed by atoms with E-state index in [2.05, 4.69) is 5.32 Å². The Morgan fingerprint density at radius 3 is 2.33 bits per heavy atom. The van der Waals surface area contributed by atoms with Crippen LogP contribution in [0.2, 0.25) is 0 Å². The predicted molar refractivity (Wildman–Crippen MR) is 124 cm³/mol. The minimum absolute atomic E-state index is 0.147. The fraction of sp³-hybridized carbons (Fsp3) is 0.423. The number of rotatable bonds is 10. The number of aliphatic carboxylic acids is 1. The number of hydrogen-bond acceptors (Lipinski definition) is 5. The highest BCUT2D eigenvalue weighted by Crippen LogP contribution is 2.18. The van der Waals surface area contributed by atoms with E-state index in [0.29, 0.717) is 25.8 Å². The molecule has 7 nitrogen and oxygen atoms in total. The predicted octanol–water partition coefficient (Wildman–Crippen LogP) is 3.18. The average Bonchev–Trinajstić information content (AvgIpc) is 3.02. The molecule has 0 bridgehead atoms. The second kappa shape index (κ2) is 12.2. The highest BCUT2D eigenvalue weighted by atomic mass is 16.5. The number of nitrogens with one attached hydrogen (secondary N) is 1. The zero-order valence-corrected chi connectivity index (χ0v) is 19.0. The van der Waals surface area contributed by atoms with Crippen molar-refractivity contribution in [3.63, 3.8) is 0 Å². The van der Waals surface area contributed by atoms with Gasteiger partial charge in [-0.05, 0) is 50.2 Å². The van der Waals surface area contributed by atoms with Gasteiger partial charge in [0.1, 0.15) is 18.7 Å². The minimum Gasteiger partial charge on any atom is -0.480 e. The zero-order valence-electron chi connectivity index (χ0n) is 19.0. The molecule has 1 aliphatic rings. The molecule has 3 rings (SSSR count). The van der Waals surface area contributed by atoms with Crippen LogP contribution in [0.4, 0.5) is 0 Å². The molecule has 1 heterocycles. The van der Waals surface area contributed by atoms with Gasteiger partial charge in [-0.2, -0.15) is 0 Å². The summed E-state index contributed by atoms with van der Waals surface area (Å²) in [5, 5.41) is 12.8. The lowest BCUT2D eigenvalue weighted by Gasteiger charge is -2.30. The SMILES string of the molecule is C[C@@H](C(=O)OCc1ccccc1)N1CCCC[C@H](N[C@@H](CCc2ccccc2)C(=O)O)C1=O. The Hall–Kier alpha value is -3.19. The monoisotopic (exact) mass is 452 g/mol. The van der Waals surface area contributed by atoms with Crippen LogP contribution in [0.1, 0.15) is 43.7 Å². The fourth-order valence-corrected chi connectivity index (χ4v) is 4.06. The molecule has 0 aliphatic carbocycles. The van der Waals surface area contributed by atoms with Crippen LogP contribution in [0.15, 0.2) is 60.7 Å². The standard InChI is InChI=1S/C26H32N2O5/c1-19(26(32)33-18-21-12-6-3-7-13-21)28-17-9-8-14-22(24(28)29)27-23(25(30)31)16-15-20-10-4-2-5-11-20/h2-7,10-13,19,22-23,27H,8-9,14-18H2,1H3,(H,30,31)/t19-,22-,23-/m0/s1. The van der Waals surface area contributed by atoms with Crippen molar-refractivity contribution in [3.8, 4) is 0 Å². The Morgan fingerprint density at radius 2 is 1.70 bits per heavy atom. The Morgan fingerprint density at radius 1 is 1.06 bits per heavy atom. The molecule has 1 aliphatic heterocycles. The van der Waals surface area contributed by atoms with Crippen LogP contribution in [0.3, 0.4) is 0 Å². The Balaban J connectivity index is 1.60. The average molecular weight is 453 g/mol. The Bertz CT molecular complexity index is 919. The van der Waals surface area contributed by atoms with E-state index in [9.17, 15) is 19.5 Å². The molecule has 0 aromatic heterocycles. The number of hydrogen-bond donors (Lipinski definition) is 2. The van der Waals surface area contributed by atoms with Crippen molar-refractivity contribution in [2.75, 3.05) is 6.54 Å². The first-order valence-electron chi connectivity index (χ1n) is 11.5. The van der Waals surface area contributed by atoms with Gasteiger partial charge in [-0.1, -0.05) is 60.7 Å². The summed E-state index contributed by atoms with van der Waals surface area (Å²) in [5.74, 6) is -1.70. The summed E-state index contributed by atoms with van der Waals surface area (Å²) in [6.07, 6.45) is 3.03. The highest BCUT2D eigenvalue weighted by molar-refractivity contribution is 5.88. The molecule has 1 fully saturated rings. The van der Waals surface area contributed by atoms with Crippen LogP contribution in [0.5, 0.6) is 0 Å². The van der Waals surface area contributed by atoms with Crippen molar-refractivity contribution >= 4 is 17.8 Å². The van der Waals surface area contributed by atoms with Crippen LogP contribution >= 0.6 is 0 Å². The summed E-state index contributed by atoms with van der Waals surface area (Å²) in [6, 6.07) is 16.8. The van der Waals surface area contributed by atoms with E-state index in [1.807, 2.05) is 60.7 Å². The normalized spacial score (nSPS) is 18.3. The fourth-order valence-electron chi connectivity index (χ4n) is 4.06. The molecule has 1 amide bonds. The lowest BCUT2D eigenvalue weighted by molar-refractivity contribution is -0.156. The van der Waals surface area contributed by atoms with E-state index < -0.39 is 30.1 Å². The maximum absolute atomic E-state index is 13.3. The molecular weight excluding hydrogens is 420 g/mol. The third kappa shape index (κ3) is 7.15. The van der Waals surface area contributed by atoms with Crippen LogP contribution in [-0.4, -0.2) is 52.5 Å². The lowest BCUT2D eigenvalue weighted by Crippen LogP contribution is -2.54. The van der Waals surface area contributed by atoms with E-state index in [1.165, 1.54) is 4.90 Å². The van der Waals surface area contributed by atoms with Crippen molar-refractivity contribution < 1.29 is 24.2 Å². The summed E-state index contributed by atoms with van der Waals surface area (Å²) >= 11 is 0. The maximum Gasteiger partial charge on any atom is 0.328 e. The van der Waals surface area contributed by atoms with Crippen molar-refractivity contribution in [2.45, 2.75) is 63.8 Å². The number of carboxylic acids is 1. The molecule has 0 saturated carbocycles. The van der Waals surface area contributed by atoms with Crippen LogP contribution < -0.4 is 5.32 Å². The summed E-state index contributed by atoms with van der Waals surface area (Å²) in [7, 11) is 0. The second-order valence-electron chi connectivity index (χ2n) is 8.43. The van der Waals surface area contributed by atoms with Gasteiger partial charge in [0.15, 0.2) is 0 Å². The molecule has 0 unspecified atom stereocenters. The quantitative estimate of drug-likeness (QED) is 0.538. The van der Waals surface area contributed by atoms with Crippen molar-refractivity contribution in [1.82, 2.24) is 10.2 Å². The van der Waals surface area contributed by atoms with E-state index in [1.54, 1.807) is 6.92 Å². The number of carbonyl (C=O) groups excluding carboxylic acids is 2. The lowest BCUT2D eigenvalue weighted by atomic mass is 10.0. The van der Waals surface area contributed by atoms with Gasteiger partial charge in [0.2, 0.25) is 5.91 Å². The van der Waals surface area contributed by atoms with Crippen molar-refractivity contribution in [3.05, 3.63) is 71.8 Å². The molecule has 2 aromatic rings. The number of carbonyl (C=O) groups is 3. The second-order valence-corrected chi connectivity index (χ2v) is 8.43. The molecule has 7 heteroatoms. The van der Waals surface area contributed by atoms with Crippen molar-refractivity contribution in [1.29, 1.82) is 0 Å². The molecule has 0 radical (unpaired) electrons. The minimum atomic E-state index is -0.982. The van der Waals surface area contributed by atoms with Gasteiger partial charge in [-0.3, -0.25) is 14.9 Å². The van der Waals surface area contributed by atoms with Crippen LogP contribution in [0.25, 0.3) is 0 Å². The number of benzene rings is 2. The largest absolute Gasteiger partial charge is 0.480 e. The summed E-state index contributed by atoms with van der Waals surface area (Å²) in [5.41, 5.74) is 1.93. The number of esters is 1. The van der Waals surface area contributed by atoms with Gasteiger partial charge in [-0.25, -0.2) is 4.79 Å². The third-order valence-corrected chi connectivity index (χ3v) is 6.02. The van der Waals surface area contributed by atoms with Gasteiger partial charge in [-0.15, -0.1) is 0 Å². The molecule has 2 N–H and O–H groups in total. The van der Waals surface area contributed by atoms with Crippen molar-refractivity contribution in [2.24, 2.45) is 0 Å². The highest BCUT2D eigenvalue weighted by Gasteiger charge is 2.35. The third-order valence-electron chi connectivity index (χ3n) is 6.02. The summed E-state index contributed by atoms with van der Waals surface area (Å²) in [6.45, 7) is 2.26. The Labute approximate surface area is 194 Å². The molecule has 176 valence electrons. The summed E-state index contributed by atoms with van der Waals surface area (Å²) < 4.78 is 5.43. The molecule has 33 heavy (non-hydrogen) atoms. The van der Waals surface area contributed by atoms with Crippen LogP contribution in [-0.2, 0) is 32.1 Å². The maximum atomic E-state index is 13.3. The first kappa shape index (κ1) is 24.5. The number of aryl methyl sites for hydroxylation is 1. The topological polar surface area (TPSA) is 95.9 Å². The van der Waals surface area contributed by atoms with E-state index in [4.69, 9.17) is 4.74 Å². The molecule has 2 aromatic carbocycles. The van der Waals surface area contributed by atoms with Gasteiger partial charge >= 0.3 is 11.9 Å². The van der Waals surface area contributed by atoms with Gasteiger partial charge in [0, 0.05) is 6.54 Å². The van der Waals surface area contributed by atoms with E-state index in [0.717, 1.165) is 24.0 Å². The number of carboxylic acid groups (broad SMARTS) is 1. The van der Waals surface area contributed by atoms with Gasteiger partial charge in [0.05, 0.1) is 6.04 Å². The number of likely N-dealkylation sites (tertiary alicyclic amines) is 1. The Kier molecular flexibility index (Phi) is 9.01. The van der Waals surface area contributed by atoms with Gasteiger partial charge in [0.25, 0.3) is 0 Å².